The fourth-order valence-electron chi connectivity index (χ4n) is 1.44. The maximum atomic E-state index is 12.7. The highest BCUT2D eigenvalue weighted by molar-refractivity contribution is 7.88. The molecule has 20 heavy (non-hydrogen) atoms. The smallest absolute Gasteiger partial charge is 0.351 e. The van der Waals surface area contributed by atoms with Crippen molar-refractivity contribution in [2.24, 2.45) is 0 Å². The molecule has 0 saturated carbocycles. The van der Waals surface area contributed by atoms with Crippen LogP contribution in [-0.4, -0.2) is 33.7 Å². The van der Waals surface area contributed by atoms with Crippen LogP contribution >= 0.6 is 0 Å². The summed E-state index contributed by atoms with van der Waals surface area (Å²) in [6, 6.07) is 4.37. The minimum atomic E-state index is -4.63. The van der Waals surface area contributed by atoms with Crippen LogP contribution in [0.15, 0.2) is 24.3 Å². The molecule has 0 radical (unpaired) electrons. The second kappa shape index (κ2) is 6.23. The maximum Gasteiger partial charge on any atom is 0.417 e. The molecular formula is C11H13F3N2O3S. The Morgan fingerprint density at radius 1 is 1.20 bits per heavy atom. The Morgan fingerprint density at radius 2 is 1.80 bits per heavy atom. The van der Waals surface area contributed by atoms with E-state index >= 15 is 0 Å². The SMILES string of the molecule is CS(=O)(=O)NCCNC(=O)c1ccccc1C(F)(F)F. The monoisotopic (exact) mass is 310 g/mol. The molecule has 0 aliphatic carbocycles. The number of halogens is 3. The average Bonchev–Trinajstić information content (AvgIpc) is 2.32. The van der Waals surface area contributed by atoms with Gasteiger partial charge in [-0.3, -0.25) is 4.79 Å². The number of carbonyl (C=O) groups excluding carboxylic acids is 1. The van der Waals surface area contributed by atoms with E-state index in [9.17, 15) is 26.4 Å². The zero-order chi connectivity index (χ0) is 15.4. The van der Waals surface area contributed by atoms with Gasteiger partial charge in [-0.2, -0.15) is 13.2 Å². The van der Waals surface area contributed by atoms with Crippen LogP contribution in [0.4, 0.5) is 13.2 Å². The molecule has 1 amide bonds. The number of sulfonamides is 1. The van der Waals surface area contributed by atoms with Gasteiger partial charge in [-0.25, -0.2) is 13.1 Å². The lowest BCUT2D eigenvalue weighted by atomic mass is 10.1. The zero-order valence-corrected chi connectivity index (χ0v) is 11.3. The summed E-state index contributed by atoms with van der Waals surface area (Å²) < 4.78 is 61.7. The minimum absolute atomic E-state index is 0.0985. The van der Waals surface area contributed by atoms with E-state index in [1.165, 1.54) is 12.1 Å². The van der Waals surface area contributed by atoms with Gasteiger partial charge in [0.1, 0.15) is 0 Å². The first-order chi connectivity index (χ1) is 9.11. The van der Waals surface area contributed by atoms with Crippen LogP contribution in [-0.2, 0) is 16.2 Å². The lowest BCUT2D eigenvalue weighted by Gasteiger charge is -2.12. The summed E-state index contributed by atoms with van der Waals surface area (Å²) >= 11 is 0. The lowest BCUT2D eigenvalue weighted by Crippen LogP contribution is -2.34. The number of nitrogens with one attached hydrogen (secondary N) is 2. The third-order valence-corrected chi connectivity index (χ3v) is 2.98. The van der Waals surface area contributed by atoms with Gasteiger partial charge in [-0.15, -0.1) is 0 Å². The highest BCUT2D eigenvalue weighted by atomic mass is 32.2. The summed E-state index contributed by atoms with van der Waals surface area (Å²) in [5.41, 5.74) is -1.53. The Balaban J connectivity index is 2.69. The summed E-state index contributed by atoms with van der Waals surface area (Å²) in [4.78, 5) is 11.6. The van der Waals surface area contributed by atoms with E-state index in [-0.39, 0.29) is 13.1 Å². The van der Waals surface area contributed by atoms with Gasteiger partial charge < -0.3 is 5.32 Å². The van der Waals surface area contributed by atoms with Crippen molar-refractivity contribution in [2.45, 2.75) is 6.18 Å². The van der Waals surface area contributed by atoms with Crippen molar-refractivity contribution in [3.05, 3.63) is 35.4 Å². The number of carbonyl (C=O) groups is 1. The van der Waals surface area contributed by atoms with Gasteiger partial charge in [-0.1, -0.05) is 12.1 Å². The van der Waals surface area contributed by atoms with Gasteiger partial charge in [0.2, 0.25) is 10.0 Å². The molecule has 0 saturated heterocycles. The predicted octanol–water partition coefficient (Wildman–Crippen LogP) is 0.984. The van der Waals surface area contributed by atoms with Gasteiger partial charge in [0, 0.05) is 13.1 Å². The molecule has 0 spiro atoms. The zero-order valence-electron chi connectivity index (χ0n) is 10.5. The molecule has 0 atom stereocenters. The van der Waals surface area contributed by atoms with Crippen molar-refractivity contribution in [1.82, 2.24) is 10.0 Å². The average molecular weight is 310 g/mol. The molecule has 1 aromatic rings. The Bertz CT molecular complexity index is 585. The summed E-state index contributed by atoms with van der Waals surface area (Å²) in [6.07, 6.45) is -3.69. The molecule has 1 rings (SSSR count). The fourth-order valence-corrected chi connectivity index (χ4v) is 1.91. The van der Waals surface area contributed by atoms with Gasteiger partial charge in [0.05, 0.1) is 17.4 Å². The van der Waals surface area contributed by atoms with Crippen LogP contribution in [0.3, 0.4) is 0 Å². The van der Waals surface area contributed by atoms with Crippen LogP contribution < -0.4 is 10.0 Å². The topological polar surface area (TPSA) is 75.3 Å². The van der Waals surface area contributed by atoms with Gasteiger partial charge in [0.25, 0.3) is 5.91 Å². The molecule has 0 fully saturated rings. The quantitative estimate of drug-likeness (QED) is 0.796. The van der Waals surface area contributed by atoms with Crippen LogP contribution in [0.1, 0.15) is 15.9 Å². The molecule has 0 aliphatic rings. The van der Waals surface area contributed by atoms with E-state index < -0.39 is 33.2 Å². The van der Waals surface area contributed by atoms with Gasteiger partial charge >= 0.3 is 6.18 Å². The lowest BCUT2D eigenvalue weighted by molar-refractivity contribution is -0.137. The molecule has 1 aromatic carbocycles. The number of hydrogen-bond acceptors (Lipinski definition) is 3. The van der Waals surface area contributed by atoms with Crippen LogP contribution in [0.2, 0.25) is 0 Å². The molecule has 0 aromatic heterocycles. The highest BCUT2D eigenvalue weighted by Crippen LogP contribution is 2.31. The van der Waals surface area contributed by atoms with Crippen molar-refractivity contribution < 1.29 is 26.4 Å². The first-order valence-corrected chi connectivity index (χ1v) is 7.39. The first-order valence-electron chi connectivity index (χ1n) is 5.50. The largest absolute Gasteiger partial charge is 0.417 e. The summed E-state index contributed by atoms with van der Waals surface area (Å²) in [6.45, 7) is -0.211. The third-order valence-electron chi connectivity index (χ3n) is 2.25. The maximum absolute atomic E-state index is 12.7. The Kier molecular flexibility index (Phi) is 5.12. The number of hydrogen-bond donors (Lipinski definition) is 2. The van der Waals surface area contributed by atoms with Crippen LogP contribution in [0.5, 0.6) is 0 Å². The molecular weight excluding hydrogens is 297 g/mol. The third kappa shape index (κ3) is 5.17. The normalized spacial score (nSPS) is 12.2. The highest BCUT2D eigenvalue weighted by Gasteiger charge is 2.34. The Hall–Kier alpha value is -1.61. The second-order valence-electron chi connectivity index (χ2n) is 3.97. The Morgan fingerprint density at radius 3 is 2.35 bits per heavy atom. The van der Waals surface area contributed by atoms with E-state index in [1.807, 2.05) is 0 Å². The standard InChI is InChI=1S/C11H13F3N2O3S/c1-20(18,19)16-7-6-15-10(17)8-4-2-3-5-9(8)11(12,13)14/h2-5,16H,6-7H2,1H3,(H,15,17). The van der Waals surface area contributed by atoms with E-state index in [0.717, 1.165) is 18.4 Å². The van der Waals surface area contributed by atoms with Gasteiger partial charge in [0.15, 0.2) is 0 Å². The second-order valence-corrected chi connectivity index (χ2v) is 5.80. The summed E-state index contributed by atoms with van der Waals surface area (Å²) in [5, 5.41) is 2.22. The van der Waals surface area contributed by atoms with Crippen LogP contribution in [0, 0.1) is 0 Å². The van der Waals surface area contributed by atoms with E-state index in [2.05, 4.69) is 10.0 Å². The van der Waals surface area contributed by atoms with E-state index in [1.54, 1.807) is 0 Å². The first kappa shape index (κ1) is 16.4. The van der Waals surface area contributed by atoms with Crippen molar-refractivity contribution in [3.63, 3.8) is 0 Å². The summed E-state index contributed by atoms with van der Waals surface area (Å²) in [7, 11) is -3.40. The van der Waals surface area contributed by atoms with Crippen molar-refractivity contribution >= 4 is 15.9 Å². The number of benzene rings is 1. The van der Waals surface area contributed by atoms with Crippen molar-refractivity contribution in [1.29, 1.82) is 0 Å². The molecule has 0 aliphatic heterocycles. The molecule has 0 bridgehead atoms. The van der Waals surface area contributed by atoms with Gasteiger partial charge in [-0.05, 0) is 12.1 Å². The number of rotatable bonds is 5. The predicted molar refractivity (Wildman–Crippen MR) is 66.6 cm³/mol. The van der Waals surface area contributed by atoms with Crippen molar-refractivity contribution in [2.75, 3.05) is 19.3 Å². The van der Waals surface area contributed by atoms with Crippen molar-refractivity contribution in [3.8, 4) is 0 Å². The molecule has 9 heteroatoms. The molecule has 5 nitrogen and oxygen atoms in total. The number of amides is 1. The summed E-state index contributed by atoms with van der Waals surface area (Å²) in [5.74, 6) is -0.909. The van der Waals surface area contributed by atoms with E-state index in [4.69, 9.17) is 0 Å². The molecule has 2 N–H and O–H groups in total. The number of alkyl halides is 3. The van der Waals surface area contributed by atoms with E-state index in [0.29, 0.717) is 0 Å². The van der Waals surface area contributed by atoms with Crippen LogP contribution in [0.25, 0.3) is 0 Å². The molecule has 112 valence electrons. The Labute approximate surface area is 114 Å². The molecule has 0 unspecified atom stereocenters. The molecule has 0 heterocycles. The minimum Gasteiger partial charge on any atom is -0.351 e. The fraction of sp³-hybridized carbons (Fsp3) is 0.364.